The highest BCUT2D eigenvalue weighted by Crippen LogP contribution is 2.06. The molecule has 0 amide bonds. The molecule has 0 radical (unpaired) electrons. The predicted octanol–water partition coefficient (Wildman–Crippen LogP) is 2.37. The zero-order valence-corrected chi connectivity index (χ0v) is 8.49. The first-order valence-electron chi connectivity index (χ1n) is 4.30. The van der Waals surface area contributed by atoms with Gasteiger partial charge in [-0.25, -0.2) is 4.39 Å². The summed E-state index contributed by atoms with van der Waals surface area (Å²) in [6.07, 6.45) is 2.59. The maximum Gasteiger partial charge on any atom is 0.141 e. The Morgan fingerprint density at radius 1 is 1.43 bits per heavy atom. The van der Waals surface area contributed by atoms with Crippen LogP contribution in [0.2, 0.25) is 0 Å². The third-order valence-corrected chi connectivity index (χ3v) is 1.26. The Bertz CT molecular complexity index is 314. The van der Waals surface area contributed by atoms with E-state index < -0.39 is 0 Å². The van der Waals surface area contributed by atoms with Gasteiger partial charge in [-0.1, -0.05) is 5.16 Å². The van der Waals surface area contributed by atoms with Crippen LogP contribution in [-0.4, -0.2) is 16.8 Å². The average Bonchev–Trinajstić information content (AvgIpc) is 2.06. The molecule has 0 fully saturated rings. The lowest BCUT2D eigenvalue weighted by atomic mass is 10.2. The van der Waals surface area contributed by atoms with Crippen LogP contribution in [0.15, 0.2) is 23.5 Å². The molecule has 0 bridgehead atoms. The second-order valence-electron chi connectivity index (χ2n) is 3.84. The minimum absolute atomic E-state index is 0.323. The summed E-state index contributed by atoms with van der Waals surface area (Å²) >= 11 is 0. The van der Waals surface area contributed by atoms with Gasteiger partial charge in [-0.15, -0.1) is 0 Å². The van der Waals surface area contributed by atoms with Crippen LogP contribution in [0.4, 0.5) is 4.39 Å². The molecular weight excluding hydrogens is 183 g/mol. The molecule has 3 nitrogen and oxygen atoms in total. The summed E-state index contributed by atoms with van der Waals surface area (Å²) in [6.45, 7) is 5.67. The second-order valence-corrected chi connectivity index (χ2v) is 3.84. The number of rotatable bonds is 2. The molecule has 0 aliphatic rings. The summed E-state index contributed by atoms with van der Waals surface area (Å²) < 4.78 is 12.5. The van der Waals surface area contributed by atoms with Gasteiger partial charge in [0.05, 0.1) is 18.1 Å². The monoisotopic (exact) mass is 196 g/mol. The first kappa shape index (κ1) is 10.6. The van der Waals surface area contributed by atoms with Gasteiger partial charge in [-0.05, 0) is 32.9 Å². The smallest absolute Gasteiger partial charge is 0.141 e. The number of hydrogen-bond acceptors (Lipinski definition) is 3. The van der Waals surface area contributed by atoms with Crippen molar-refractivity contribution in [2.75, 3.05) is 0 Å². The van der Waals surface area contributed by atoms with Crippen molar-refractivity contribution >= 4 is 6.21 Å². The third kappa shape index (κ3) is 3.98. The fourth-order valence-electron chi connectivity index (χ4n) is 0.702. The van der Waals surface area contributed by atoms with Gasteiger partial charge in [0.2, 0.25) is 0 Å². The van der Waals surface area contributed by atoms with Crippen LogP contribution in [0, 0.1) is 5.82 Å². The van der Waals surface area contributed by atoms with Crippen LogP contribution in [0.25, 0.3) is 0 Å². The molecule has 0 aromatic carbocycles. The molecule has 0 aliphatic heterocycles. The molecule has 76 valence electrons. The van der Waals surface area contributed by atoms with Gasteiger partial charge in [0.1, 0.15) is 11.4 Å². The lowest BCUT2D eigenvalue weighted by molar-refractivity contribution is 0.00196. The van der Waals surface area contributed by atoms with E-state index in [0.717, 1.165) is 6.20 Å². The van der Waals surface area contributed by atoms with E-state index in [1.54, 1.807) is 0 Å². The fraction of sp³-hybridized carbons (Fsp3) is 0.400. The van der Waals surface area contributed by atoms with Crippen LogP contribution in [0.1, 0.15) is 26.5 Å². The molecule has 1 rings (SSSR count). The first-order valence-corrected chi connectivity index (χ1v) is 4.30. The molecule has 0 unspecified atom stereocenters. The molecule has 4 heteroatoms. The molecule has 0 saturated carbocycles. The Morgan fingerprint density at radius 3 is 2.64 bits per heavy atom. The van der Waals surface area contributed by atoms with Crippen LogP contribution in [0.5, 0.6) is 0 Å². The predicted molar refractivity (Wildman–Crippen MR) is 52.6 cm³/mol. The van der Waals surface area contributed by atoms with Crippen molar-refractivity contribution < 1.29 is 9.23 Å². The van der Waals surface area contributed by atoms with E-state index in [1.165, 1.54) is 18.3 Å². The van der Waals surface area contributed by atoms with Gasteiger partial charge in [-0.2, -0.15) is 0 Å². The van der Waals surface area contributed by atoms with Crippen LogP contribution >= 0.6 is 0 Å². The largest absolute Gasteiger partial charge is 0.390 e. The zero-order valence-electron chi connectivity index (χ0n) is 8.49. The molecule has 1 aromatic rings. The highest BCUT2D eigenvalue weighted by atomic mass is 19.1. The molecule has 0 spiro atoms. The van der Waals surface area contributed by atoms with Crippen LogP contribution in [0.3, 0.4) is 0 Å². The summed E-state index contributed by atoms with van der Waals surface area (Å²) in [7, 11) is 0. The summed E-state index contributed by atoms with van der Waals surface area (Å²) in [5, 5.41) is 3.73. The highest BCUT2D eigenvalue weighted by molar-refractivity contribution is 5.76. The fourth-order valence-corrected chi connectivity index (χ4v) is 0.702. The van der Waals surface area contributed by atoms with Crippen molar-refractivity contribution in [3.63, 3.8) is 0 Å². The maximum absolute atomic E-state index is 12.5. The van der Waals surface area contributed by atoms with E-state index in [4.69, 9.17) is 4.84 Å². The summed E-state index contributed by atoms with van der Waals surface area (Å²) in [5.74, 6) is -0.362. The Morgan fingerprint density at radius 2 is 2.14 bits per heavy atom. The summed E-state index contributed by atoms with van der Waals surface area (Å²) in [5.41, 5.74) is 0.243. The van der Waals surface area contributed by atoms with Gasteiger partial charge < -0.3 is 4.84 Å². The SMILES string of the molecule is CC(C)(C)O/N=C\c1ccc(F)cn1. The second kappa shape index (κ2) is 4.17. The summed E-state index contributed by atoms with van der Waals surface area (Å²) in [6, 6.07) is 2.86. The molecule has 0 aliphatic carbocycles. The minimum atomic E-state index is -0.362. The molecule has 14 heavy (non-hydrogen) atoms. The molecule has 0 atom stereocenters. The lowest BCUT2D eigenvalue weighted by Crippen LogP contribution is -2.15. The first-order chi connectivity index (χ1) is 6.47. The van der Waals surface area contributed by atoms with Crippen molar-refractivity contribution in [1.82, 2.24) is 4.98 Å². The lowest BCUT2D eigenvalue weighted by Gasteiger charge is -2.14. The number of hydrogen-bond donors (Lipinski definition) is 0. The maximum atomic E-state index is 12.5. The van der Waals surface area contributed by atoms with Crippen molar-refractivity contribution in [3.05, 3.63) is 29.8 Å². The Hall–Kier alpha value is -1.45. The molecular formula is C10H13FN2O. The molecule has 0 saturated heterocycles. The van der Waals surface area contributed by atoms with Crippen molar-refractivity contribution in [3.8, 4) is 0 Å². The van der Waals surface area contributed by atoms with Crippen LogP contribution < -0.4 is 0 Å². The Kier molecular flexibility index (Phi) is 3.17. The van der Waals surface area contributed by atoms with E-state index >= 15 is 0 Å². The number of aromatic nitrogens is 1. The van der Waals surface area contributed by atoms with Crippen molar-refractivity contribution in [2.24, 2.45) is 5.16 Å². The summed E-state index contributed by atoms with van der Waals surface area (Å²) in [4.78, 5) is 8.89. The number of halogens is 1. The number of nitrogens with zero attached hydrogens (tertiary/aromatic N) is 2. The highest BCUT2D eigenvalue weighted by Gasteiger charge is 2.09. The van der Waals surface area contributed by atoms with E-state index in [0.29, 0.717) is 5.69 Å². The van der Waals surface area contributed by atoms with E-state index in [2.05, 4.69) is 10.1 Å². The Labute approximate surface area is 82.6 Å². The Balaban J connectivity index is 2.57. The molecule has 1 heterocycles. The zero-order chi connectivity index (χ0) is 10.6. The molecule has 1 aromatic heterocycles. The normalized spacial score (nSPS) is 12.0. The van der Waals surface area contributed by atoms with Gasteiger partial charge in [0.25, 0.3) is 0 Å². The number of pyridine rings is 1. The van der Waals surface area contributed by atoms with E-state index in [9.17, 15) is 4.39 Å². The van der Waals surface area contributed by atoms with Crippen molar-refractivity contribution in [1.29, 1.82) is 0 Å². The van der Waals surface area contributed by atoms with Gasteiger partial charge in [0.15, 0.2) is 0 Å². The van der Waals surface area contributed by atoms with E-state index in [1.807, 2.05) is 20.8 Å². The van der Waals surface area contributed by atoms with Crippen LogP contribution in [-0.2, 0) is 4.84 Å². The minimum Gasteiger partial charge on any atom is -0.390 e. The van der Waals surface area contributed by atoms with E-state index in [-0.39, 0.29) is 11.4 Å². The standard InChI is InChI=1S/C10H13FN2O/c1-10(2,3)14-13-7-9-5-4-8(11)6-12-9/h4-7H,1-3H3/b13-7-. The van der Waals surface area contributed by atoms with Crippen molar-refractivity contribution in [2.45, 2.75) is 26.4 Å². The topological polar surface area (TPSA) is 34.5 Å². The van der Waals surface area contributed by atoms with Gasteiger partial charge >= 0.3 is 0 Å². The quantitative estimate of drug-likeness (QED) is 0.537. The van der Waals surface area contributed by atoms with Gasteiger partial charge in [-0.3, -0.25) is 4.98 Å². The average molecular weight is 196 g/mol. The molecule has 0 N–H and O–H groups in total. The van der Waals surface area contributed by atoms with Gasteiger partial charge in [0, 0.05) is 0 Å². The number of oxime groups is 1. The third-order valence-electron chi connectivity index (χ3n) is 1.26.